The van der Waals surface area contributed by atoms with Crippen molar-refractivity contribution in [2.75, 3.05) is 0 Å². The van der Waals surface area contributed by atoms with E-state index in [-0.39, 0.29) is 41.9 Å². The smallest absolute Gasteiger partial charge is 1.00 e. The minimum absolute atomic E-state index is 0. The summed E-state index contributed by atoms with van der Waals surface area (Å²) >= 11 is 0. The SMILES string of the molecule is CC(=Nc1c(C(C)C)cccc1C(C)C)c1cc(C)cc(C(C)=Nc2c(C(C)C)cccc2C(C)C)n1.[Cl-].[Cl-].[Fe+2]. The Labute approximate surface area is 266 Å². The Balaban J connectivity index is 0.00000507. The largest absolute Gasteiger partial charge is 2.00 e. The molecule has 3 nitrogen and oxygen atoms in total. The standard InChI is InChI=1S/C34H45N3.2ClH.Fe/c1-20(2)27-14-12-15-28(21(3)4)33(27)35-25(10)31-18-24(9)19-32(37-31)26(11)36-34-29(22(5)6)16-13-17-30(34)23(7)8;;;/h12-23H,1-11H3;2*1H;/q;;;+2/p-2. The quantitative estimate of drug-likeness (QED) is 0.275. The summed E-state index contributed by atoms with van der Waals surface area (Å²) in [6.07, 6.45) is 0. The van der Waals surface area contributed by atoms with Crippen molar-refractivity contribution >= 4 is 22.8 Å². The molecule has 0 fully saturated rings. The molecule has 0 radical (unpaired) electrons. The Kier molecular flexibility index (Phi) is 15.7. The van der Waals surface area contributed by atoms with Gasteiger partial charge in [-0.05, 0) is 84.4 Å². The van der Waals surface area contributed by atoms with Crippen LogP contribution in [0.3, 0.4) is 0 Å². The summed E-state index contributed by atoms with van der Waals surface area (Å²) in [5.74, 6) is 1.60. The molecular weight excluding hydrogens is 577 g/mol. The van der Waals surface area contributed by atoms with Gasteiger partial charge in [0.1, 0.15) is 0 Å². The van der Waals surface area contributed by atoms with Gasteiger partial charge in [0, 0.05) is 0 Å². The van der Waals surface area contributed by atoms with Crippen molar-refractivity contribution in [2.24, 2.45) is 9.98 Å². The fraction of sp³-hybridized carbons (Fsp3) is 0.441. The van der Waals surface area contributed by atoms with E-state index in [1.165, 1.54) is 22.3 Å². The van der Waals surface area contributed by atoms with Crippen molar-refractivity contribution in [3.8, 4) is 0 Å². The average Bonchev–Trinajstić information content (AvgIpc) is 2.83. The molecule has 0 aliphatic carbocycles. The molecule has 3 rings (SSSR count). The van der Waals surface area contributed by atoms with Crippen LogP contribution < -0.4 is 24.8 Å². The molecule has 0 bridgehead atoms. The van der Waals surface area contributed by atoms with Gasteiger partial charge in [0.15, 0.2) is 0 Å². The molecule has 0 aliphatic rings. The summed E-state index contributed by atoms with van der Waals surface area (Å²) in [6, 6.07) is 17.4. The summed E-state index contributed by atoms with van der Waals surface area (Å²) in [6.45, 7) is 24.1. The Hall–Kier alpha value is -1.97. The van der Waals surface area contributed by atoms with Crippen LogP contribution in [0.5, 0.6) is 0 Å². The zero-order valence-electron chi connectivity index (χ0n) is 25.9. The summed E-state index contributed by atoms with van der Waals surface area (Å²) in [5.41, 5.74) is 12.1. The van der Waals surface area contributed by atoms with Gasteiger partial charge in [0.2, 0.25) is 0 Å². The Morgan fingerprint density at radius 1 is 0.575 bits per heavy atom. The van der Waals surface area contributed by atoms with E-state index in [1.54, 1.807) is 0 Å². The first-order valence-corrected chi connectivity index (χ1v) is 13.8. The topological polar surface area (TPSA) is 37.6 Å². The van der Waals surface area contributed by atoms with Gasteiger partial charge in [0.05, 0.1) is 34.2 Å². The number of aromatic nitrogens is 1. The molecule has 1 aromatic heterocycles. The van der Waals surface area contributed by atoms with Crippen LogP contribution in [-0.4, -0.2) is 16.4 Å². The Bertz CT molecular complexity index is 1170. The second kappa shape index (κ2) is 16.5. The molecule has 0 saturated heterocycles. The normalized spacial score (nSPS) is 12.0. The first kappa shape index (κ1) is 38.0. The van der Waals surface area contributed by atoms with Crippen LogP contribution in [0.1, 0.15) is 132 Å². The summed E-state index contributed by atoms with van der Waals surface area (Å²) < 4.78 is 0. The molecule has 1 heterocycles. The van der Waals surface area contributed by atoms with E-state index in [4.69, 9.17) is 15.0 Å². The predicted molar refractivity (Wildman–Crippen MR) is 162 cm³/mol. The van der Waals surface area contributed by atoms with Crippen LogP contribution in [0.4, 0.5) is 11.4 Å². The average molecular weight is 623 g/mol. The van der Waals surface area contributed by atoms with E-state index >= 15 is 0 Å². The molecule has 6 heteroatoms. The molecule has 0 unspecified atom stereocenters. The van der Waals surface area contributed by atoms with Gasteiger partial charge in [0.25, 0.3) is 0 Å². The van der Waals surface area contributed by atoms with E-state index in [9.17, 15) is 0 Å². The number of pyridine rings is 1. The predicted octanol–water partition coefficient (Wildman–Crippen LogP) is 4.17. The van der Waals surface area contributed by atoms with Gasteiger partial charge >= 0.3 is 17.1 Å². The van der Waals surface area contributed by atoms with E-state index in [0.717, 1.165) is 39.7 Å². The maximum absolute atomic E-state index is 5.19. The van der Waals surface area contributed by atoms with Crippen molar-refractivity contribution in [3.63, 3.8) is 0 Å². The third-order valence-corrected chi connectivity index (χ3v) is 6.95. The molecule has 40 heavy (non-hydrogen) atoms. The van der Waals surface area contributed by atoms with E-state index in [2.05, 4.69) is 125 Å². The van der Waals surface area contributed by atoms with Crippen LogP contribution in [-0.2, 0) is 17.1 Å². The number of benzene rings is 2. The second-order valence-corrected chi connectivity index (χ2v) is 11.5. The molecule has 0 saturated carbocycles. The number of rotatable bonds is 8. The molecule has 2 aromatic carbocycles. The van der Waals surface area contributed by atoms with E-state index in [0.29, 0.717) is 23.7 Å². The van der Waals surface area contributed by atoms with E-state index < -0.39 is 0 Å². The number of para-hydroxylation sites is 2. The maximum Gasteiger partial charge on any atom is 2.00 e. The number of hydrogen-bond acceptors (Lipinski definition) is 3. The molecule has 0 spiro atoms. The van der Waals surface area contributed by atoms with Gasteiger partial charge in [-0.15, -0.1) is 0 Å². The first-order chi connectivity index (χ1) is 17.4. The van der Waals surface area contributed by atoms with E-state index in [1.807, 2.05) is 0 Å². The van der Waals surface area contributed by atoms with Crippen LogP contribution in [0, 0.1) is 6.92 Å². The third-order valence-electron chi connectivity index (χ3n) is 6.95. The zero-order valence-corrected chi connectivity index (χ0v) is 28.5. The van der Waals surface area contributed by atoms with Crippen LogP contribution >= 0.6 is 0 Å². The number of aryl methyl sites for hydroxylation is 1. The molecule has 0 aliphatic heterocycles. The Morgan fingerprint density at radius 3 is 1.10 bits per heavy atom. The molecule has 3 aromatic rings. The summed E-state index contributed by atoms with van der Waals surface area (Å²) in [5, 5.41) is 0. The Morgan fingerprint density at radius 2 is 0.850 bits per heavy atom. The van der Waals surface area contributed by atoms with Gasteiger partial charge < -0.3 is 24.8 Å². The molecule has 0 atom stereocenters. The number of halogens is 2. The van der Waals surface area contributed by atoms with Gasteiger partial charge in [-0.3, -0.25) is 9.98 Å². The summed E-state index contributed by atoms with van der Waals surface area (Å²) in [4.78, 5) is 15.4. The van der Waals surface area contributed by atoms with Crippen LogP contribution in [0.25, 0.3) is 0 Å². The van der Waals surface area contributed by atoms with Crippen molar-refractivity contribution in [3.05, 3.63) is 87.7 Å². The third kappa shape index (κ3) is 9.01. The summed E-state index contributed by atoms with van der Waals surface area (Å²) in [7, 11) is 0. The number of hydrogen-bond donors (Lipinski definition) is 0. The minimum atomic E-state index is 0. The monoisotopic (exact) mass is 621 g/mol. The first-order valence-electron chi connectivity index (χ1n) is 13.8. The van der Waals surface area contributed by atoms with Crippen molar-refractivity contribution < 1.29 is 41.9 Å². The fourth-order valence-electron chi connectivity index (χ4n) is 4.77. The number of nitrogens with zero attached hydrogens (tertiary/aromatic N) is 3. The molecule has 218 valence electrons. The molecule has 0 N–H and O–H groups in total. The number of aliphatic imine (C=N–C) groups is 2. The molecular formula is C34H45Cl2FeN3. The minimum Gasteiger partial charge on any atom is -1.00 e. The van der Waals surface area contributed by atoms with Gasteiger partial charge in [-0.25, -0.2) is 4.98 Å². The van der Waals surface area contributed by atoms with Crippen molar-refractivity contribution in [2.45, 2.75) is 99.8 Å². The van der Waals surface area contributed by atoms with Gasteiger partial charge in [-0.1, -0.05) is 91.8 Å². The van der Waals surface area contributed by atoms with Crippen molar-refractivity contribution in [1.82, 2.24) is 4.98 Å². The second-order valence-electron chi connectivity index (χ2n) is 11.5. The van der Waals surface area contributed by atoms with Crippen LogP contribution in [0.2, 0.25) is 0 Å². The fourth-order valence-corrected chi connectivity index (χ4v) is 4.77. The maximum atomic E-state index is 5.19. The zero-order chi connectivity index (χ0) is 27.4. The molecule has 0 amide bonds. The van der Waals surface area contributed by atoms with Crippen LogP contribution in [0.15, 0.2) is 58.5 Å². The van der Waals surface area contributed by atoms with Gasteiger partial charge in [-0.2, -0.15) is 0 Å². The van der Waals surface area contributed by atoms with Crippen molar-refractivity contribution in [1.29, 1.82) is 0 Å².